The summed E-state index contributed by atoms with van der Waals surface area (Å²) < 4.78 is 18.2. The number of thioether (sulfide) groups is 1. The highest BCUT2D eigenvalue weighted by atomic mass is 32.2. The largest absolute Gasteiger partial charge is 0.466 e. The van der Waals surface area contributed by atoms with E-state index in [-0.39, 0.29) is 17.7 Å². The summed E-state index contributed by atoms with van der Waals surface area (Å²) in [6.07, 6.45) is 1.25. The molecule has 0 aliphatic carbocycles. The minimum atomic E-state index is -0.236. The Labute approximate surface area is 105 Å². The first-order chi connectivity index (χ1) is 8.20. The molecular weight excluding hydrogens is 239 g/mol. The third-order valence-corrected chi connectivity index (χ3v) is 3.98. The van der Waals surface area contributed by atoms with E-state index in [1.807, 2.05) is 0 Å². The van der Waals surface area contributed by atoms with Crippen molar-refractivity contribution in [2.45, 2.75) is 30.6 Å². The second-order valence-corrected chi connectivity index (χ2v) is 5.16. The van der Waals surface area contributed by atoms with E-state index in [0.717, 1.165) is 22.6 Å². The standard InChI is InChI=1S/C13H15FO2S/c1-2-16-13(15)7-9-5-6-17-12-4-3-10(14)8-11(9)12/h3-4,8-9H,2,5-7H2,1H3. The first-order valence-electron chi connectivity index (χ1n) is 5.78. The van der Waals surface area contributed by atoms with E-state index in [1.165, 1.54) is 6.07 Å². The van der Waals surface area contributed by atoms with Crippen LogP contribution in [0.25, 0.3) is 0 Å². The summed E-state index contributed by atoms with van der Waals surface area (Å²) in [4.78, 5) is 12.6. The van der Waals surface area contributed by atoms with Crippen LogP contribution in [0.1, 0.15) is 31.2 Å². The first kappa shape index (κ1) is 12.4. The summed E-state index contributed by atoms with van der Waals surface area (Å²) in [7, 11) is 0. The van der Waals surface area contributed by atoms with Gasteiger partial charge in [-0.25, -0.2) is 4.39 Å². The van der Waals surface area contributed by atoms with E-state index in [1.54, 1.807) is 30.8 Å². The summed E-state index contributed by atoms with van der Waals surface area (Å²) in [5, 5.41) is 0. The van der Waals surface area contributed by atoms with Crippen LogP contribution in [0, 0.1) is 5.82 Å². The zero-order valence-electron chi connectivity index (χ0n) is 9.74. The van der Waals surface area contributed by atoms with Gasteiger partial charge in [0.2, 0.25) is 0 Å². The van der Waals surface area contributed by atoms with Crippen molar-refractivity contribution in [3.8, 4) is 0 Å². The highest BCUT2D eigenvalue weighted by Gasteiger charge is 2.24. The Morgan fingerprint density at radius 3 is 3.18 bits per heavy atom. The lowest BCUT2D eigenvalue weighted by Crippen LogP contribution is -2.14. The van der Waals surface area contributed by atoms with Crippen molar-refractivity contribution in [3.05, 3.63) is 29.6 Å². The highest BCUT2D eigenvalue weighted by molar-refractivity contribution is 7.99. The molecule has 0 N–H and O–H groups in total. The molecule has 0 aromatic heterocycles. The van der Waals surface area contributed by atoms with Crippen molar-refractivity contribution < 1.29 is 13.9 Å². The van der Waals surface area contributed by atoms with Gasteiger partial charge in [-0.1, -0.05) is 0 Å². The average molecular weight is 254 g/mol. The molecule has 1 unspecified atom stereocenters. The third-order valence-electron chi connectivity index (χ3n) is 2.85. The van der Waals surface area contributed by atoms with Crippen molar-refractivity contribution in [2.24, 2.45) is 0 Å². The van der Waals surface area contributed by atoms with Crippen LogP contribution in [0.3, 0.4) is 0 Å². The van der Waals surface area contributed by atoms with Crippen molar-refractivity contribution >= 4 is 17.7 Å². The molecule has 0 saturated carbocycles. The smallest absolute Gasteiger partial charge is 0.306 e. The number of hydrogen-bond donors (Lipinski definition) is 0. The maximum Gasteiger partial charge on any atom is 0.306 e. The lowest BCUT2D eigenvalue weighted by atomic mass is 9.92. The summed E-state index contributed by atoms with van der Waals surface area (Å²) in [5.41, 5.74) is 0.953. The summed E-state index contributed by atoms with van der Waals surface area (Å²) in [5.74, 6) is 0.642. The predicted octanol–water partition coefficient (Wildman–Crippen LogP) is 3.36. The Balaban J connectivity index is 2.16. The van der Waals surface area contributed by atoms with E-state index in [0.29, 0.717) is 13.0 Å². The number of ether oxygens (including phenoxy) is 1. The van der Waals surface area contributed by atoms with Crippen molar-refractivity contribution in [3.63, 3.8) is 0 Å². The molecule has 1 heterocycles. The van der Waals surface area contributed by atoms with Gasteiger partial charge in [0.1, 0.15) is 5.82 Å². The van der Waals surface area contributed by atoms with E-state index < -0.39 is 0 Å². The number of carbonyl (C=O) groups excluding carboxylic acids is 1. The van der Waals surface area contributed by atoms with E-state index in [9.17, 15) is 9.18 Å². The Bertz CT molecular complexity index is 420. The van der Waals surface area contributed by atoms with Crippen molar-refractivity contribution in [1.29, 1.82) is 0 Å². The Morgan fingerprint density at radius 2 is 2.41 bits per heavy atom. The highest BCUT2D eigenvalue weighted by Crippen LogP contribution is 2.39. The molecule has 0 bridgehead atoms. The number of rotatable bonds is 3. The summed E-state index contributed by atoms with van der Waals surface area (Å²) >= 11 is 1.72. The van der Waals surface area contributed by atoms with Crippen LogP contribution in [0.15, 0.2) is 23.1 Å². The van der Waals surface area contributed by atoms with Gasteiger partial charge < -0.3 is 4.74 Å². The normalized spacial score (nSPS) is 18.6. The molecule has 1 aromatic rings. The zero-order chi connectivity index (χ0) is 12.3. The Kier molecular flexibility index (Phi) is 4.05. The van der Waals surface area contributed by atoms with Gasteiger partial charge in [-0.3, -0.25) is 4.79 Å². The molecule has 0 radical (unpaired) electrons. The van der Waals surface area contributed by atoms with E-state index in [2.05, 4.69) is 0 Å². The van der Waals surface area contributed by atoms with Gasteiger partial charge in [-0.2, -0.15) is 0 Å². The fourth-order valence-electron chi connectivity index (χ4n) is 2.07. The topological polar surface area (TPSA) is 26.3 Å². The molecule has 0 fully saturated rings. The molecular formula is C13H15FO2S. The predicted molar refractivity (Wildman–Crippen MR) is 65.7 cm³/mol. The fourth-order valence-corrected chi connectivity index (χ4v) is 3.25. The van der Waals surface area contributed by atoms with Crippen LogP contribution in [0.5, 0.6) is 0 Å². The van der Waals surface area contributed by atoms with Crippen LogP contribution in [0.4, 0.5) is 4.39 Å². The molecule has 1 aromatic carbocycles. The molecule has 1 atom stereocenters. The maximum absolute atomic E-state index is 13.2. The Morgan fingerprint density at radius 1 is 1.59 bits per heavy atom. The van der Waals surface area contributed by atoms with Crippen LogP contribution in [0.2, 0.25) is 0 Å². The number of carbonyl (C=O) groups is 1. The quantitative estimate of drug-likeness (QED) is 0.774. The minimum Gasteiger partial charge on any atom is -0.466 e. The SMILES string of the molecule is CCOC(=O)CC1CCSc2ccc(F)cc21. The molecule has 2 rings (SSSR count). The van der Waals surface area contributed by atoms with Gasteiger partial charge >= 0.3 is 5.97 Å². The monoisotopic (exact) mass is 254 g/mol. The molecule has 1 aliphatic rings. The van der Waals surface area contributed by atoms with E-state index in [4.69, 9.17) is 4.74 Å². The lowest BCUT2D eigenvalue weighted by molar-refractivity contribution is -0.143. The number of hydrogen-bond acceptors (Lipinski definition) is 3. The molecule has 1 aliphatic heterocycles. The minimum absolute atomic E-state index is 0.0981. The average Bonchev–Trinajstić information content (AvgIpc) is 2.30. The number of esters is 1. The van der Waals surface area contributed by atoms with Crippen LogP contribution in [-0.2, 0) is 9.53 Å². The molecule has 4 heteroatoms. The van der Waals surface area contributed by atoms with Gasteiger partial charge in [0.05, 0.1) is 13.0 Å². The summed E-state index contributed by atoms with van der Waals surface area (Å²) in [6, 6.07) is 4.82. The molecule has 0 saturated heterocycles. The van der Waals surface area contributed by atoms with Gasteiger partial charge in [0.25, 0.3) is 0 Å². The fraction of sp³-hybridized carbons (Fsp3) is 0.462. The second kappa shape index (κ2) is 5.54. The molecule has 0 spiro atoms. The van der Waals surface area contributed by atoms with Crippen LogP contribution < -0.4 is 0 Å². The van der Waals surface area contributed by atoms with Crippen molar-refractivity contribution in [1.82, 2.24) is 0 Å². The van der Waals surface area contributed by atoms with Crippen molar-refractivity contribution in [2.75, 3.05) is 12.4 Å². The first-order valence-corrected chi connectivity index (χ1v) is 6.77. The third kappa shape index (κ3) is 3.00. The van der Waals surface area contributed by atoms with Gasteiger partial charge in [-0.05, 0) is 48.8 Å². The van der Waals surface area contributed by atoms with Gasteiger partial charge in [0.15, 0.2) is 0 Å². The molecule has 17 heavy (non-hydrogen) atoms. The number of benzene rings is 1. The van der Waals surface area contributed by atoms with Crippen LogP contribution in [-0.4, -0.2) is 18.3 Å². The summed E-state index contributed by atoms with van der Waals surface area (Å²) in [6.45, 7) is 2.19. The Hall–Kier alpha value is -1.03. The molecule has 0 amide bonds. The van der Waals surface area contributed by atoms with E-state index >= 15 is 0 Å². The number of fused-ring (bicyclic) bond motifs is 1. The van der Waals surface area contributed by atoms with Gasteiger partial charge in [0, 0.05) is 4.90 Å². The zero-order valence-corrected chi connectivity index (χ0v) is 10.6. The van der Waals surface area contributed by atoms with Gasteiger partial charge in [-0.15, -0.1) is 11.8 Å². The van der Waals surface area contributed by atoms with Crippen LogP contribution >= 0.6 is 11.8 Å². The maximum atomic E-state index is 13.2. The molecule has 2 nitrogen and oxygen atoms in total. The molecule has 92 valence electrons. The number of halogens is 1. The lowest BCUT2D eigenvalue weighted by Gasteiger charge is -2.24. The second-order valence-electron chi connectivity index (χ2n) is 4.03.